The fourth-order valence-corrected chi connectivity index (χ4v) is 10.7. The Kier molecular flexibility index (Phi) is 20.5. The van der Waals surface area contributed by atoms with E-state index in [0.29, 0.717) is 23.4 Å². The molecule has 0 spiro atoms. The minimum Gasteiger partial charge on any atom is -0.486 e. The lowest BCUT2D eigenvalue weighted by molar-refractivity contribution is -0.0756. The van der Waals surface area contributed by atoms with Crippen molar-refractivity contribution in [1.29, 1.82) is 10.5 Å². The molecule has 0 unspecified atom stereocenters. The molecule has 4 aromatic heterocycles. The average molecular weight is 1050 g/mol. The standard InChI is InChI=1S/C51H71N10O12P/c1-2-3-4-5-6-7-8-9-10-11-12-13-14-15-16-20-27-67-28-37(71-36-21-18-17-19-22-36)29-68-74(66,69-30-40-44(62)46(64)50(32-52,72-40)42-25-23-38-48(54)56-34-58-60(38)42)70-31-41-45(63)47(65)51(33-53,73-41)43-26-24-39-49(55)57-35-59-61(39)43/h17-19,21-26,34-35,37,40-41,44-47,62-65H,2-16,20,27-31H2,1H3,(H2,54,56,58)(H2,55,57,59)/t37-,40-,41-,44-,45-,46-,47-,50+,51+/m1/s1. The SMILES string of the molecule is CCCCCCCCCCCCCCCCCCOC[C@H](COP(=O)(OC[C@H]1O[C@@](C#N)(c2ccc3c(N)ncnn23)[C@H](O)[C@@H]1O)OC[C@H]1O[C@@](C#N)(c2ccc3c(N)ncnn23)[C@H](O)[C@@H]1O)Oc1ccccc1. The Bertz CT molecular complexity index is 2540. The van der Waals surface area contributed by atoms with Crippen molar-refractivity contribution in [2.75, 3.05) is 44.5 Å². The topological polar surface area (TPSA) is 323 Å². The van der Waals surface area contributed by atoms with Gasteiger partial charge in [0.05, 0.1) is 37.8 Å². The van der Waals surface area contributed by atoms with Crippen LogP contribution in [0.25, 0.3) is 11.0 Å². The largest absolute Gasteiger partial charge is 0.486 e. The van der Waals surface area contributed by atoms with E-state index in [9.17, 15) is 35.5 Å². The van der Waals surface area contributed by atoms with Crippen molar-refractivity contribution in [3.63, 3.8) is 0 Å². The summed E-state index contributed by atoms with van der Waals surface area (Å²) in [5.74, 6) is 0.630. The Balaban J connectivity index is 0.989. The number of rotatable bonds is 32. The van der Waals surface area contributed by atoms with Crippen LogP contribution in [-0.2, 0) is 43.5 Å². The van der Waals surface area contributed by atoms with Gasteiger partial charge in [0, 0.05) is 6.61 Å². The van der Waals surface area contributed by atoms with Crippen molar-refractivity contribution in [3.8, 4) is 17.9 Å². The summed E-state index contributed by atoms with van der Waals surface area (Å²) in [7, 11) is -4.90. The highest BCUT2D eigenvalue weighted by Gasteiger charge is 2.59. The van der Waals surface area contributed by atoms with E-state index in [0.717, 1.165) is 31.9 Å². The Morgan fingerprint density at radius 1 is 0.649 bits per heavy atom. The lowest BCUT2D eigenvalue weighted by atomic mass is 9.92. The first-order valence-electron chi connectivity index (χ1n) is 25.8. The first-order valence-corrected chi connectivity index (χ1v) is 27.3. The third kappa shape index (κ3) is 13.4. The highest BCUT2D eigenvalue weighted by molar-refractivity contribution is 7.48. The maximum absolute atomic E-state index is 14.9. The molecule has 5 aromatic rings. The predicted octanol–water partition coefficient (Wildman–Crippen LogP) is 6.20. The molecular formula is C51H71N10O12P. The summed E-state index contributed by atoms with van der Waals surface area (Å²) < 4.78 is 59.4. The number of phosphoric ester groups is 1. The van der Waals surface area contributed by atoms with E-state index in [-0.39, 0.29) is 29.6 Å². The normalized spacial score (nSPS) is 24.4. The molecule has 22 nitrogen and oxygen atoms in total. The Morgan fingerprint density at radius 2 is 1.09 bits per heavy atom. The molecule has 0 saturated carbocycles. The number of nitrogens with zero attached hydrogens (tertiary/aromatic N) is 8. The van der Waals surface area contributed by atoms with Gasteiger partial charge in [-0.3, -0.25) is 13.6 Å². The number of hydrogen-bond donors (Lipinski definition) is 6. The maximum Gasteiger partial charge on any atom is 0.475 e. The zero-order valence-electron chi connectivity index (χ0n) is 42.0. The second-order valence-electron chi connectivity index (χ2n) is 19.0. The predicted molar refractivity (Wildman–Crippen MR) is 270 cm³/mol. The van der Waals surface area contributed by atoms with Gasteiger partial charge in [-0.05, 0) is 42.8 Å². The van der Waals surface area contributed by atoms with Crippen molar-refractivity contribution in [2.45, 2.75) is 164 Å². The molecule has 74 heavy (non-hydrogen) atoms. The molecule has 8 N–H and O–H groups in total. The summed E-state index contributed by atoms with van der Waals surface area (Å²) in [6, 6.07) is 18.7. The molecule has 7 rings (SSSR count). The number of nitrogens with two attached hydrogens (primary N) is 2. The molecule has 0 bridgehead atoms. The van der Waals surface area contributed by atoms with Gasteiger partial charge in [-0.1, -0.05) is 121 Å². The van der Waals surface area contributed by atoms with E-state index in [1.807, 2.05) is 18.2 Å². The number of benzene rings is 1. The summed E-state index contributed by atoms with van der Waals surface area (Å²) in [6.45, 7) is 0.681. The number of hydrogen-bond acceptors (Lipinski definition) is 20. The fourth-order valence-electron chi connectivity index (χ4n) is 9.49. The van der Waals surface area contributed by atoms with E-state index in [1.54, 1.807) is 24.3 Å². The van der Waals surface area contributed by atoms with Crippen molar-refractivity contribution in [1.82, 2.24) is 29.2 Å². The molecule has 23 heteroatoms. The minimum atomic E-state index is -4.90. The first-order chi connectivity index (χ1) is 35.9. The Hall–Kier alpha value is -5.33. The van der Waals surface area contributed by atoms with Crippen molar-refractivity contribution in [3.05, 3.63) is 78.6 Å². The monoisotopic (exact) mass is 1050 g/mol. The summed E-state index contributed by atoms with van der Waals surface area (Å²) in [5, 5.41) is 74.7. The quantitative estimate of drug-likeness (QED) is 0.0206. The summed E-state index contributed by atoms with van der Waals surface area (Å²) in [4.78, 5) is 7.91. The van der Waals surface area contributed by atoms with Gasteiger partial charge in [-0.25, -0.2) is 23.6 Å². The van der Waals surface area contributed by atoms with Crippen LogP contribution in [0, 0.1) is 22.7 Å². The zero-order chi connectivity index (χ0) is 52.6. The molecule has 402 valence electrons. The highest BCUT2D eigenvalue weighted by Crippen LogP contribution is 2.52. The number of ether oxygens (including phenoxy) is 4. The van der Waals surface area contributed by atoms with Gasteiger partial charge < -0.3 is 50.8 Å². The van der Waals surface area contributed by atoms with Gasteiger partial charge in [0.2, 0.25) is 11.2 Å². The van der Waals surface area contributed by atoms with Crippen LogP contribution >= 0.6 is 7.82 Å². The number of aromatic nitrogens is 6. The van der Waals surface area contributed by atoms with Gasteiger partial charge in [0.15, 0.2) is 11.6 Å². The van der Waals surface area contributed by atoms with Gasteiger partial charge >= 0.3 is 7.82 Å². The van der Waals surface area contributed by atoms with Gasteiger partial charge in [0.1, 0.15) is 84.3 Å². The number of phosphoric acid groups is 1. The van der Waals surface area contributed by atoms with Crippen LogP contribution in [0.5, 0.6) is 5.75 Å². The molecule has 2 fully saturated rings. The second kappa shape index (κ2) is 26.9. The highest BCUT2D eigenvalue weighted by atomic mass is 31.2. The molecule has 0 aliphatic carbocycles. The Morgan fingerprint density at radius 3 is 1.54 bits per heavy atom. The lowest BCUT2D eigenvalue weighted by Crippen LogP contribution is -2.41. The number of nitriles is 2. The molecule has 0 amide bonds. The van der Waals surface area contributed by atoms with Crippen LogP contribution in [0.15, 0.2) is 67.3 Å². The minimum absolute atomic E-state index is 0.00891. The first kappa shape index (κ1) is 56.4. The van der Waals surface area contributed by atoms with Crippen LogP contribution in [-0.4, -0.2) is 125 Å². The second-order valence-corrected chi connectivity index (χ2v) is 20.6. The maximum atomic E-state index is 14.9. The van der Waals surface area contributed by atoms with Crippen LogP contribution < -0.4 is 16.2 Å². The number of aliphatic hydroxyl groups is 4. The van der Waals surface area contributed by atoms with Crippen molar-refractivity contribution >= 4 is 30.5 Å². The molecule has 0 radical (unpaired) electrons. The molecule has 2 aliphatic rings. The summed E-state index contributed by atoms with van der Waals surface area (Å²) >= 11 is 0. The third-order valence-electron chi connectivity index (χ3n) is 13.7. The van der Waals surface area contributed by atoms with E-state index in [1.165, 1.54) is 117 Å². The van der Waals surface area contributed by atoms with Crippen LogP contribution in [0.1, 0.15) is 121 Å². The number of anilines is 2. The van der Waals surface area contributed by atoms with Gasteiger partial charge in [-0.2, -0.15) is 20.7 Å². The smallest absolute Gasteiger partial charge is 0.475 e. The van der Waals surface area contributed by atoms with Crippen molar-refractivity contribution in [2.24, 2.45) is 0 Å². The fraction of sp³-hybridized carbons (Fsp3) is 0.608. The van der Waals surface area contributed by atoms with E-state index >= 15 is 0 Å². The zero-order valence-corrected chi connectivity index (χ0v) is 42.9. The molecule has 9 atom stereocenters. The molecule has 2 saturated heterocycles. The molecule has 1 aromatic carbocycles. The number of para-hydroxylation sites is 1. The van der Waals surface area contributed by atoms with Gasteiger partial charge in [0.25, 0.3) is 0 Å². The van der Waals surface area contributed by atoms with Crippen LogP contribution in [0.3, 0.4) is 0 Å². The Labute approximate surface area is 431 Å². The number of unbranched alkanes of at least 4 members (excludes halogenated alkanes) is 15. The van der Waals surface area contributed by atoms with Gasteiger partial charge in [-0.15, -0.1) is 0 Å². The van der Waals surface area contributed by atoms with Crippen LogP contribution in [0.2, 0.25) is 0 Å². The number of fused-ring (bicyclic) bond motifs is 2. The number of aliphatic hydroxyl groups excluding tert-OH is 4. The average Bonchev–Trinajstić information content (AvgIpc) is 4.17. The third-order valence-corrected chi connectivity index (χ3v) is 15.1. The molecule has 6 heterocycles. The van der Waals surface area contributed by atoms with Crippen molar-refractivity contribution < 1.29 is 57.5 Å². The molecular weight excluding hydrogens is 976 g/mol. The van der Waals surface area contributed by atoms with Crippen LogP contribution in [0.4, 0.5) is 11.6 Å². The van der Waals surface area contributed by atoms with E-state index in [2.05, 4.69) is 27.1 Å². The number of nitrogen functional groups attached to an aromatic ring is 2. The lowest BCUT2D eigenvalue weighted by Gasteiger charge is -2.26. The van der Waals surface area contributed by atoms with E-state index in [4.69, 9.17) is 44.0 Å². The summed E-state index contributed by atoms with van der Waals surface area (Å²) in [5.41, 5.74) is 8.24. The van der Waals surface area contributed by atoms with E-state index < -0.39 is 81.6 Å². The summed E-state index contributed by atoms with van der Waals surface area (Å²) in [6.07, 6.45) is 10.9. The molecule has 2 aliphatic heterocycles.